The fraction of sp³-hybridized carbons (Fsp3) is 0.500. The van der Waals surface area contributed by atoms with Crippen LogP contribution in [0.25, 0.3) is 0 Å². The van der Waals surface area contributed by atoms with Gasteiger partial charge in [-0.3, -0.25) is 62.7 Å². The lowest BCUT2D eigenvalue weighted by Crippen LogP contribution is -2.60. The second-order valence-electron chi connectivity index (χ2n) is 18.7. The van der Waals surface area contributed by atoms with Crippen LogP contribution in [-0.2, 0) is 54.4 Å². The van der Waals surface area contributed by atoms with Crippen molar-refractivity contribution in [1.29, 1.82) is 0 Å². The summed E-state index contributed by atoms with van der Waals surface area (Å²) >= 11 is 0. The van der Waals surface area contributed by atoms with Gasteiger partial charge in [-0.05, 0) is 75.3 Å². The number of rotatable bonds is 17. The molecule has 20 N–H and O–H groups in total. The second kappa shape index (κ2) is 34.6. The van der Waals surface area contributed by atoms with E-state index in [0.29, 0.717) is 12.0 Å². The van der Waals surface area contributed by atoms with Gasteiger partial charge in [0.15, 0.2) is 11.9 Å². The molecule has 10 amide bonds. The zero-order valence-corrected chi connectivity index (χ0v) is 46.9. The molecular formula is C50H74N16O13S2. The molecule has 0 bridgehead atoms. The number of carbonyl (C=O) groups is 11. The van der Waals surface area contributed by atoms with Crippen LogP contribution in [0.1, 0.15) is 75.7 Å². The van der Waals surface area contributed by atoms with Crippen LogP contribution in [0, 0.1) is 5.92 Å². The minimum atomic E-state index is -1.44. The standard InChI is InChI=1S/C50H74N16O13S2/c1-5-26(2)39-47(77)64-34(21-29-15-17-31(67)18-16-29)42(72)58-22-37(68)57-23-38(69)61-35(45(75)60-28(4)48(78)79)24-80-81-25-36(65-41(71)30-11-7-6-8-12-30)46(76)63-32(13-9-19-55-49(51)52)43(73)59-27(3)40(70)62-33(44(74)66-39)14-10-20-56-50(53)54/h6-8,11-12,15-18,26-28,32-36,39,67H,5,9-10,13-14,19-25H2,1-4H3,(H,57,68)(H,58,72)(H,59,73)(H,60,75)(H,61,69)(H,62,70)(H,63,76)(H,64,77)(H,65,71)(H,66,74)(H,78,79)(H4,51,52,55)(H4,53,54,56)/t26-,27-,28+,32-,33-,34-,35-,36-,39-/m0/s1. The van der Waals surface area contributed by atoms with E-state index in [0.717, 1.165) is 21.6 Å². The summed E-state index contributed by atoms with van der Waals surface area (Å²) in [5, 5.41) is 44.6. The van der Waals surface area contributed by atoms with Crippen LogP contribution in [0.3, 0.4) is 0 Å². The maximum absolute atomic E-state index is 14.3. The highest BCUT2D eigenvalue weighted by Crippen LogP contribution is 2.24. The van der Waals surface area contributed by atoms with Crippen LogP contribution in [0.4, 0.5) is 0 Å². The molecule has 1 fully saturated rings. The van der Waals surface area contributed by atoms with Crippen molar-refractivity contribution < 1.29 is 63.0 Å². The molecule has 31 heteroatoms. The number of carboxylic acid groups (broad SMARTS) is 1. The molecular weight excluding hydrogens is 1100 g/mol. The van der Waals surface area contributed by atoms with E-state index in [1.165, 1.54) is 50.2 Å². The van der Waals surface area contributed by atoms with Crippen molar-refractivity contribution in [3.63, 3.8) is 0 Å². The number of aliphatic carboxylic acids is 1. The number of benzene rings is 2. The van der Waals surface area contributed by atoms with Crippen molar-refractivity contribution in [2.45, 2.75) is 115 Å². The minimum Gasteiger partial charge on any atom is -0.508 e. The summed E-state index contributed by atoms with van der Waals surface area (Å²) in [6, 6.07) is 2.38. The molecule has 0 saturated carbocycles. The maximum Gasteiger partial charge on any atom is 0.325 e. The first-order valence-electron chi connectivity index (χ1n) is 25.8. The summed E-state index contributed by atoms with van der Waals surface area (Å²) in [6.07, 6.45) is 0.192. The number of nitrogens with zero attached hydrogens (tertiary/aromatic N) is 2. The molecule has 1 saturated heterocycles. The quantitative estimate of drug-likeness (QED) is 0.0311. The fourth-order valence-corrected chi connectivity index (χ4v) is 9.70. The number of hydrogen-bond acceptors (Lipinski definition) is 16. The molecule has 1 aliphatic rings. The van der Waals surface area contributed by atoms with Gasteiger partial charge in [0.2, 0.25) is 53.2 Å². The molecule has 0 aliphatic carbocycles. The summed E-state index contributed by atoms with van der Waals surface area (Å²) in [7, 11) is 1.89. The number of aromatic hydroxyl groups is 1. The number of amides is 10. The molecule has 2 aromatic carbocycles. The molecule has 444 valence electrons. The Morgan fingerprint density at radius 2 is 1.22 bits per heavy atom. The Bertz CT molecular complexity index is 2570. The molecule has 1 aliphatic heterocycles. The van der Waals surface area contributed by atoms with Crippen LogP contribution >= 0.6 is 21.6 Å². The Kier molecular flexibility index (Phi) is 28.6. The van der Waals surface area contributed by atoms with E-state index in [9.17, 15) is 63.0 Å². The molecule has 1 heterocycles. The van der Waals surface area contributed by atoms with E-state index < -0.39 is 132 Å². The lowest BCUT2D eigenvalue weighted by molar-refractivity contribution is -0.141. The SMILES string of the molecule is CC[C@H](C)[C@@H]1NC(=O)[C@H](CCCN=C(N)N)NC(=O)[C@H](C)NC(=O)[C@H](CCCN=C(N)N)NC(=O)[C@@H](NC(=O)c2ccccc2)CSSC[C@@H](C(=O)N[C@H](C)C(=O)O)NC(=O)CNC(=O)CNC(=O)[C@H](Cc2ccc(O)cc2)NC1=O. The van der Waals surface area contributed by atoms with Gasteiger partial charge in [0, 0.05) is 36.6 Å². The average molecular weight is 1170 g/mol. The molecule has 0 unspecified atom stereocenters. The van der Waals surface area contributed by atoms with Crippen molar-refractivity contribution >= 4 is 98.5 Å². The summed E-state index contributed by atoms with van der Waals surface area (Å²) < 4.78 is 0. The van der Waals surface area contributed by atoms with Crippen molar-refractivity contribution in [3.8, 4) is 5.75 Å². The number of nitrogens with one attached hydrogen (secondary N) is 10. The van der Waals surface area contributed by atoms with Gasteiger partial charge in [-0.2, -0.15) is 0 Å². The maximum atomic E-state index is 14.3. The van der Waals surface area contributed by atoms with Crippen LogP contribution in [0.15, 0.2) is 64.6 Å². The number of aliphatic imine (C=N–C) groups is 2. The number of carboxylic acids is 1. The third-order valence-electron chi connectivity index (χ3n) is 12.2. The number of guanidine groups is 2. The third-order valence-corrected chi connectivity index (χ3v) is 14.6. The van der Waals surface area contributed by atoms with Gasteiger partial charge in [-0.15, -0.1) is 0 Å². The van der Waals surface area contributed by atoms with E-state index in [2.05, 4.69) is 63.2 Å². The Morgan fingerprint density at radius 3 is 1.80 bits per heavy atom. The third kappa shape index (κ3) is 24.7. The Morgan fingerprint density at radius 1 is 0.667 bits per heavy atom. The van der Waals surface area contributed by atoms with Gasteiger partial charge in [0.05, 0.1) is 13.1 Å². The molecule has 2 aromatic rings. The minimum absolute atomic E-state index is 0.0140. The van der Waals surface area contributed by atoms with Gasteiger partial charge in [0.1, 0.15) is 54.1 Å². The number of nitrogens with two attached hydrogens (primary N) is 4. The van der Waals surface area contributed by atoms with Crippen molar-refractivity contribution in [1.82, 2.24) is 53.2 Å². The number of phenolic OH excluding ortho intramolecular Hbond substituents is 1. The second-order valence-corrected chi connectivity index (χ2v) is 21.3. The van der Waals surface area contributed by atoms with E-state index >= 15 is 0 Å². The zero-order chi connectivity index (χ0) is 60.2. The van der Waals surface area contributed by atoms with E-state index in [1.807, 2.05) is 0 Å². The molecule has 0 spiro atoms. The summed E-state index contributed by atoms with van der Waals surface area (Å²) in [5.41, 5.74) is 22.7. The normalized spacial score (nSPS) is 22.4. The number of carbonyl (C=O) groups excluding carboxylic acids is 10. The first-order chi connectivity index (χ1) is 38.4. The van der Waals surface area contributed by atoms with Gasteiger partial charge < -0.3 is 86.3 Å². The Balaban J connectivity index is 2.11. The monoisotopic (exact) mass is 1170 g/mol. The first-order valence-corrected chi connectivity index (χ1v) is 28.2. The summed E-state index contributed by atoms with van der Waals surface area (Å²) in [5.74, 6) is -11.6. The Hall–Kier alpha value is -8.35. The molecule has 81 heavy (non-hydrogen) atoms. The first kappa shape index (κ1) is 66.9. The van der Waals surface area contributed by atoms with Gasteiger partial charge in [-0.25, -0.2) is 0 Å². The van der Waals surface area contributed by atoms with E-state index in [-0.39, 0.29) is 79.9 Å². The predicted molar refractivity (Wildman–Crippen MR) is 302 cm³/mol. The number of hydrogen-bond donors (Lipinski definition) is 16. The molecule has 9 atom stereocenters. The van der Waals surface area contributed by atoms with Crippen molar-refractivity contribution in [3.05, 3.63) is 65.7 Å². The van der Waals surface area contributed by atoms with Crippen molar-refractivity contribution in [2.24, 2.45) is 38.8 Å². The predicted octanol–water partition coefficient (Wildman–Crippen LogP) is -3.97. The van der Waals surface area contributed by atoms with Crippen LogP contribution in [0.5, 0.6) is 5.75 Å². The van der Waals surface area contributed by atoms with Crippen LogP contribution < -0.4 is 76.1 Å². The highest BCUT2D eigenvalue weighted by Gasteiger charge is 2.35. The lowest BCUT2D eigenvalue weighted by Gasteiger charge is -2.29. The highest BCUT2D eigenvalue weighted by atomic mass is 33.1. The van der Waals surface area contributed by atoms with Gasteiger partial charge in [0.25, 0.3) is 5.91 Å². The topological polar surface area (TPSA) is 477 Å². The summed E-state index contributed by atoms with van der Waals surface area (Å²) in [6.45, 7) is 4.48. The largest absolute Gasteiger partial charge is 0.508 e. The van der Waals surface area contributed by atoms with Crippen LogP contribution in [0.2, 0.25) is 0 Å². The van der Waals surface area contributed by atoms with Crippen LogP contribution in [-0.4, -0.2) is 173 Å². The molecule has 29 nitrogen and oxygen atoms in total. The summed E-state index contributed by atoms with van der Waals surface area (Å²) in [4.78, 5) is 158. The Labute approximate surface area is 475 Å². The lowest BCUT2D eigenvalue weighted by atomic mass is 9.96. The molecule has 0 aromatic heterocycles. The van der Waals surface area contributed by atoms with Gasteiger partial charge in [-0.1, -0.05) is 72.2 Å². The van der Waals surface area contributed by atoms with E-state index in [4.69, 9.17) is 22.9 Å². The van der Waals surface area contributed by atoms with E-state index in [1.54, 1.807) is 32.0 Å². The fourth-order valence-electron chi connectivity index (χ4n) is 7.37. The average Bonchev–Trinajstić information content (AvgIpc) is 3.44. The zero-order valence-electron chi connectivity index (χ0n) is 45.3. The highest BCUT2D eigenvalue weighted by molar-refractivity contribution is 8.76. The molecule has 0 radical (unpaired) electrons. The van der Waals surface area contributed by atoms with Gasteiger partial charge >= 0.3 is 5.97 Å². The molecule has 3 rings (SSSR count). The van der Waals surface area contributed by atoms with Crippen molar-refractivity contribution in [2.75, 3.05) is 37.7 Å². The number of phenols is 1. The smallest absolute Gasteiger partial charge is 0.325 e.